The predicted molar refractivity (Wildman–Crippen MR) is 279 cm³/mol. The van der Waals surface area contributed by atoms with E-state index < -0.39 is 6.10 Å². The van der Waals surface area contributed by atoms with E-state index in [1.54, 1.807) is 0 Å². The van der Waals surface area contributed by atoms with Gasteiger partial charge in [-0.1, -0.05) is 187 Å². The van der Waals surface area contributed by atoms with E-state index in [9.17, 15) is 14.4 Å². The molecule has 0 heterocycles. The van der Waals surface area contributed by atoms with Gasteiger partial charge in [0, 0.05) is 19.3 Å². The van der Waals surface area contributed by atoms with E-state index in [-0.39, 0.29) is 50.4 Å². The quantitative estimate of drug-likeness (QED) is 0.0262. The van der Waals surface area contributed by atoms with E-state index in [1.165, 1.54) is 70.6 Å². The van der Waals surface area contributed by atoms with E-state index in [2.05, 4.69) is 142 Å². The largest absolute Gasteiger partial charge is 0.462 e. The number of hydrogen-bond donors (Lipinski definition) is 0. The fourth-order valence-corrected chi connectivity index (χ4v) is 6.51. The number of rotatable bonds is 45. The van der Waals surface area contributed by atoms with Crippen molar-refractivity contribution in [1.29, 1.82) is 0 Å². The smallest absolute Gasteiger partial charge is 0.306 e. The van der Waals surface area contributed by atoms with Gasteiger partial charge in [0.25, 0.3) is 0 Å². The van der Waals surface area contributed by atoms with Crippen molar-refractivity contribution in [2.24, 2.45) is 0 Å². The van der Waals surface area contributed by atoms with Crippen LogP contribution in [0, 0.1) is 0 Å². The molecule has 0 saturated heterocycles. The maximum Gasteiger partial charge on any atom is 0.306 e. The SMILES string of the molecule is CC/C=C\C/C=C\C/C=C\C/C=C\CCCCC(=O)OC[C@H](COC(=O)CCC/C=C\C/C=C\C/C=C\CCCCCCCC)OC(=O)CCCC/C=C\C/C=C\C/C=C\CCCCC. The van der Waals surface area contributed by atoms with Crippen molar-refractivity contribution >= 4 is 17.9 Å². The molecule has 0 aliphatic heterocycles. The molecule has 0 saturated carbocycles. The summed E-state index contributed by atoms with van der Waals surface area (Å²) in [5.74, 6) is -1.07. The van der Waals surface area contributed by atoms with Crippen molar-refractivity contribution in [2.45, 2.75) is 219 Å². The minimum Gasteiger partial charge on any atom is -0.462 e. The summed E-state index contributed by atoms with van der Waals surface area (Å²) < 4.78 is 16.7. The van der Waals surface area contributed by atoms with Gasteiger partial charge in [0.05, 0.1) is 0 Å². The maximum absolute atomic E-state index is 12.8. The Labute approximate surface area is 399 Å². The Bertz CT molecular complexity index is 1400. The van der Waals surface area contributed by atoms with Crippen LogP contribution in [0.2, 0.25) is 0 Å². The molecular weight excluding hydrogens is 805 g/mol. The van der Waals surface area contributed by atoms with Gasteiger partial charge in [-0.25, -0.2) is 0 Å². The summed E-state index contributed by atoms with van der Waals surface area (Å²) in [5.41, 5.74) is 0. The Morgan fingerprint density at radius 1 is 0.323 bits per heavy atom. The van der Waals surface area contributed by atoms with Crippen molar-refractivity contribution in [3.8, 4) is 0 Å². The number of carbonyl (C=O) groups excluding carboxylic acids is 3. The highest BCUT2D eigenvalue weighted by Crippen LogP contribution is 2.11. The van der Waals surface area contributed by atoms with Crippen LogP contribution in [-0.4, -0.2) is 37.2 Å². The highest BCUT2D eigenvalue weighted by molar-refractivity contribution is 5.71. The lowest BCUT2D eigenvalue weighted by Gasteiger charge is -2.18. The van der Waals surface area contributed by atoms with Crippen molar-refractivity contribution in [3.05, 3.63) is 122 Å². The molecular formula is C59H94O6. The molecule has 0 spiro atoms. The Morgan fingerprint density at radius 3 is 1.03 bits per heavy atom. The topological polar surface area (TPSA) is 78.9 Å². The van der Waals surface area contributed by atoms with Gasteiger partial charge in [0.1, 0.15) is 13.2 Å². The molecule has 0 radical (unpaired) electrons. The average Bonchev–Trinajstić information content (AvgIpc) is 3.30. The zero-order chi connectivity index (χ0) is 47.2. The van der Waals surface area contributed by atoms with Gasteiger partial charge in [-0.05, 0) is 128 Å². The van der Waals surface area contributed by atoms with E-state index in [4.69, 9.17) is 14.2 Å². The molecule has 0 aromatic carbocycles. The summed E-state index contributed by atoms with van der Waals surface area (Å²) in [7, 11) is 0. The molecule has 0 aromatic heterocycles. The van der Waals surface area contributed by atoms with Crippen LogP contribution in [0.25, 0.3) is 0 Å². The van der Waals surface area contributed by atoms with Crippen LogP contribution in [0.5, 0.6) is 0 Å². The molecule has 6 heteroatoms. The summed E-state index contributed by atoms with van der Waals surface area (Å²) >= 11 is 0. The second-order valence-corrected chi connectivity index (χ2v) is 16.7. The average molecular weight is 899 g/mol. The van der Waals surface area contributed by atoms with Crippen LogP contribution in [0.3, 0.4) is 0 Å². The second-order valence-electron chi connectivity index (χ2n) is 16.7. The molecule has 0 N–H and O–H groups in total. The van der Waals surface area contributed by atoms with Gasteiger partial charge < -0.3 is 14.2 Å². The highest BCUT2D eigenvalue weighted by Gasteiger charge is 2.19. The van der Waals surface area contributed by atoms with Crippen LogP contribution >= 0.6 is 0 Å². The molecule has 0 unspecified atom stereocenters. The molecule has 366 valence electrons. The highest BCUT2D eigenvalue weighted by atomic mass is 16.6. The van der Waals surface area contributed by atoms with E-state index >= 15 is 0 Å². The standard InChI is InChI=1S/C59H94O6/c1-4-7-10-13-16-19-22-25-28-29-32-34-37-40-43-46-49-52-58(61)64-55-56(65-59(62)53-50-47-44-41-38-35-31-27-24-21-18-15-12-9-6-3)54-63-57(60)51-48-45-42-39-36-33-30-26-23-20-17-14-11-8-5-2/h8,11,17-18,20-21,25-28,30-32,34,36,38-41,43,56H,4-7,9-10,12-16,19,22-24,29,33,35,37,42,44-55H2,1-3H3/b11-8-,20-17-,21-18-,28-25-,30-26-,31-27-,34-32-,39-36-,41-38-,43-40-/t56-/m1/s1. The molecule has 6 nitrogen and oxygen atoms in total. The lowest BCUT2D eigenvalue weighted by molar-refractivity contribution is -0.167. The molecule has 0 aliphatic carbocycles. The van der Waals surface area contributed by atoms with Gasteiger partial charge in [-0.15, -0.1) is 0 Å². The fourth-order valence-electron chi connectivity index (χ4n) is 6.51. The Balaban J connectivity index is 4.61. The first-order valence-corrected chi connectivity index (χ1v) is 26.0. The van der Waals surface area contributed by atoms with Gasteiger partial charge in [0.2, 0.25) is 0 Å². The first-order valence-electron chi connectivity index (χ1n) is 26.0. The van der Waals surface area contributed by atoms with Gasteiger partial charge in [0.15, 0.2) is 6.10 Å². The summed E-state index contributed by atoms with van der Waals surface area (Å²) in [5, 5.41) is 0. The van der Waals surface area contributed by atoms with E-state index in [0.717, 1.165) is 83.5 Å². The van der Waals surface area contributed by atoms with E-state index in [0.29, 0.717) is 19.3 Å². The number of carbonyl (C=O) groups is 3. The molecule has 0 bridgehead atoms. The number of allylic oxidation sites excluding steroid dienone is 20. The number of hydrogen-bond acceptors (Lipinski definition) is 6. The molecule has 0 rings (SSSR count). The van der Waals surface area contributed by atoms with Crippen molar-refractivity contribution in [3.63, 3.8) is 0 Å². The van der Waals surface area contributed by atoms with Crippen molar-refractivity contribution in [1.82, 2.24) is 0 Å². The monoisotopic (exact) mass is 899 g/mol. The number of ether oxygens (including phenoxy) is 3. The van der Waals surface area contributed by atoms with Gasteiger partial charge >= 0.3 is 17.9 Å². The molecule has 65 heavy (non-hydrogen) atoms. The second kappa shape index (κ2) is 52.4. The summed E-state index contributed by atoms with van der Waals surface area (Å²) in [6, 6.07) is 0. The third-order valence-corrected chi connectivity index (χ3v) is 10.4. The summed E-state index contributed by atoms with van der Waals surface area (Å²) in [6.45, 7) is 6.35. The van der Waals surface area contributed by atoms with Crippen LogP contribution in [0.1, 0.15) is 213 Å². The van der Waals surface area contributed by atoms with Crippen LogP contribution in [0.4, 0.5) is 0 Å². The minimum absolute atomic E-state index is 0.134. The molecule has 0 aliphatic rings. The lowest BCUT2D eigenvalue weighted by atomic mass is 10.1. The predicted octanol–water partition coefficient (Wildman–Crippen LogP) is 17.3. The van der Waals surface area contributed by atoms with Crippen LogP contribution in [0.15, 0.2) is 122 Å². The Hall–Kier alpha value is -4.19. The molecule has 0 aromatic rings. The Kier molecular flexibility index (Phi) is 49.1. The van der Waals surface area contributed by atoms with Crippen molar-refractivity contribution < 1.29 is 28.6 Å². The number of unbranched alkanes of at least 4 members (excludes halogenated alkanes) is 14. The minimum atomic E-state index is -0.838. The third-order valence-electron chi connectivity index (χ3n) is 10.4. The van der Waals surface area contributed by atoms with Gasteiger partial charge in [-0.3, -0.25) is 14.4 Å². The van der Waals surface area contributed by atoms with E-state index in [1.807, 2.05) is 0 Å². The summed E-state index contributed by atoms with van der Waals surface area (Å²) in [6.07, 6.45) is 71.9. The first kappa shape index (κ1) is 60.8. The molecule has 1 atom stereocenters. The zero-order valence-electron chi connectivity index (χ0n) is 41.7. The van der Waals surface area contributed by atoms with Crippen LogP contribution in [-0.2, 0) is 28.6 Å². The fraction of sp³-hybridized carbons (Fsp3) is 0.610. The third kappa shape index (κ3) is 50.7. The van der Waals surface area contributed by atoms with Crippen LogP contribution < -0.4 is 0 Å². The zero-order valence-corrected chi connectivity index (χ0v) is 41.7. The normalized spacial score (nSPS) is 13.1. The first-order chi connectivity index (χ1) is 32.0. The van der Waals surface area contributed by atoms with Gasteiger partial charge in [-0.2, -0.15) is 0 Å². The number of esters is 3. The van der Waals surface area contributed by atoms with Crippen molar-refractivity contribution in [2.75, 3.05) is 13.2 Å². The Morgan fingerprint density at radius 2 is 0.615 bits per heavy atom. The maximum atomic E-state index is 12.8. The molecule has 0 fully saturated rings. The summed E-state index contributed by atoms with van der Waals surface area (Å²) in [4.78, 5) is 38.0. The molecule has 0 amide bonds. The lowest BCUT2D eigenvalue weighted by Crippen LogP contribution is -2.30.